The van der Waals surface area contributed by atoms with Gasteiger partial charge in [-0.25, -0.2) is 9.97 Å². The van der Waals surface area contributed by atoms with E-state index in [2.05, 4.69) is 30.9 Å². The van der Waals surface area contributed by atoms with Crippen LogP contribution in [0.25, 0.3) is 0 Å². The molecule has 1 unspecified atom stereocenters. The highest BCUT2D eigenvalue weighted by molar-refractivity contribution is 5.79. The Morgan fingerprint density at radius 2 is 2.18 bits per heavy atom. The van der Waals surface area contributed by atoms with Gasteiger partial charge in [0.15, 0.2) is 5.96 Å². The molecule has 1 aromatic rings. The number of guanidine groups is 1. The Morgan fingerprint density at radius 1 is 1.36 bits per heavy atom. The van der Waals surface area contributed by atoms with Gasteiger partial charge in [0.25, 0.3) is 0 Å². The van der Waals surface area contributed by atoms with E-state index in [9.17, 15) is 18.3 Å². The third-order valence-corrected chi connectivity index (χ3v) is 4.39. The Labute approximate surface area is 162 Å². The highest BCUT2D eigenvalue weighted by Gasteiger charge is 2.34. The lowest BCUT2D eigenvalue weighted by Gasteiger charge is -2.24. The quantitative estimate of drug-likeness (QED) is 0.279. The number of ether oxygens (including phenoxy) is 1. The molecule has 2 heterocycles. The summed E-state index contributed by atoms with van der Waals surface area (Å²) in [6.07, 6.45) is -1.95. The van der Waals surface area contributed by atoms with E-state index in [1.54, 1.807) is 0 Å². The zero-order valence-electron chi connectivity index (χ0n) is 15.8. The number of hydrogen-bond donors (Lipinski definition) is 4. The van der Waals surface area contributed by atoms with Gasteiger partial charge in [0.2, 0.25) is 5.95 Å². The number of halogens is 3. The van der Waals surface area contributed by atoms with E-state index in [4.69, 9.17) is 4.74 Å². The van der Waals surface area contributed by atoms with Gasteiger partial charge in [-0.2, -0.15) is 13.2 Å². The first-order valence-electron chi connectivity index (χ1n) is 9.23. The van der Waals surface area contributed by atoms with Gasteiger partial charge < -0.3 is 25.8 Å². The Bertz CT molecular complexity index is 636. The molecule has 28 heavy (non-hydrogen) atoms. The fraction of sp³-hybridized carbons (Fsp3) is 0.706. The number of nitrogens with one attached hydrogen (secondary N) is 3. The molecule has 4 N–H and O–H groups in total. The van der Waals surface area contributed by atoms with E-state index in [0.29, 0.717) is 51.8 Å². The summed E-state index contributed by atoms with van der Waals surface area (Å²) in [4.78, 5) is 11.8. The number of aliphatic hydroxyl groups is 1. The topological polar surface area (TPSA) is 104 Å². The third kappa shape index (κ3) is 6.79. The van der Waals surface area contributed by atoms with Gasteiger partial charge >= 0.3 is 6.18 Å². The summed E-state index contributed by atoms with van der Waals surface area (Å²) in [7, 11) is 0. The van der Waals surface area contributed by atoms with Gasteiger partial charge in [0, 0.05) is 44.5 Å². The Kier molecular flexibility index (Phi) is 8.24. The highest BCUT2D eigenvalue weighted by atomic mass is 19.4. The molecular weight excluding hydrogens is 377 g/mol. The van der Waals surface area contributed by atoms with Crippen molar-refractivity contribution in [3.63, 3.8) is 0 Å². The number of aromatic nitrogens is 2. The van der Waals surface area contributed by atoms with Gasteiger partial charge in [-0.3, -0.25) is 4.99 Å². The lowest BCUT2D eigenvalue weighted by Crippen LogP contribution is -2.40. The predicted octanol–water partition coefficient (Wildman–Crippen LogP) is 1.25. The number of anilines is 1. The molecule has 1 atom stereocenters. The zero-order chi connectivity index (χ0) is 20.5. The molecule has 11 heteroatoms. The number of hydrogen-bond acceptors (Lipinski definition) is 6. The van der Waals surface area contributed by atoms with Crippen molar-refractivity contribution in [1.82, 2.24) is 20.6 Å². The summed E-state index contributed by atoms with van der Waals surface area (Å²) in [5, 5.41) is 18.3. The van der Waals surface area contributed by atoms with E-state index in [1.807, 2.05) is 6.92 Å². The Balaban J connectivity index is 1.84. The molecule has 0 aromatic carbocycles. The molecule has 8 nitrogen and oxygen atoms in total. The van der Waals surface area contributed by atoms with E-state index in [-0.39, 0.29) is 18.0 Å². The maximum absolute atomic E-state index is 12.7. The largest absolute Gasteiger partial charge is 0.433 e. The monoisotopic (exact) mass is 404 g/mol. The van der Waals surface area contributed by atoms with Crippen molar-refractivity contribution in [2.24, 2.45) is 10.4 Å². The predicted molar refractivity (Wildman–Crippen MR) is 99.1 cm³/mol. The molecule has 0 aliphatic carbocycles. The summed E-state index contributed by atoms with van der Waals surface area (Å²) in [5.41, 5.74) is -1.14. The Morgan fingerprint density at radius 3 is 2.82 bits per heavy atom. The van der Waals surface area contributed by atoms with Crippen LogP contribution in [0.1, 0.15) is 25.5 Å². The van der Waals surface area contributed by atoms with Gasteiger partial charge in [0.05, 0.1) is 13.2 Å². The maximum Gasteiger partial charge on any atom is 0.433 e. The molecular formula is C17H27F3N6O2. The summed E-state index contributed by atoms with van der Waals surface area (Å²) in [6, 6.07) is 0.828. The first-order valence-corrected chi connectivity index (χ1v) is 9.23. The van der Waals surface area contributed by atoms with Crippen LogP contribution in [0.2, 0.25) is 0 Å². The van der Waals surface area contributed by atoms with Gasteiger partial charge in [-0.15, -0.1) is 0 Å². The SMILES string of the molecule is CCNC(=NCC1(CCO)CCOC1)NCCNc1nccc(C(F)(F)F)n1. The average molecular weight is 404 g/mol. The molecule has 1 aromatic heterocycles. The number of rotatable bonds is 9. The lowest BCUT2D eigenvalue weighted by molar-refractivity contribution is -0.141. The van der Waals surface area contributed by atoms with Crippen molar-refractivity contribution in [1.29, 1.82) is 0 Å². The minimum Gasteiger partial charge on any atom is -0.396 e. The van der Waals surface area contributed by atoms with Crippen molar-refractivity contribution in [2.45, 2.75) is 25.9 Å². The molecule has 0 amide bonds. The molecule has 2 rings (SSSR count). The second kappa shape index (κ2) is 10.4. The molecule has 0 radical (unpaired) electrons. The number of nitrogens with zero attached hydrogens (tertiary/aromatic N) is 3. The van der Waals surface area contributed by atoms with Crippen molar-refractivity contribution >= 4 is 11.9 Å². The van der Waals surface area contributed by atoms with Crippen molar-refractivity contribution in [3.8, 4) is 0 Å². The van der Waals surface area contributed by atoms with Gasteiger partial charge in [-0.05, 0) is 25.8 Å². The first-order chi connectivity index (χ1) is 13.4. The average Bonchev–Trinajstić information content (AvgIpc) is 3.12. The first kappa shape index (κ1) is 22.2. The molecule has 0 bridgehead atoms. The second-order valence-electron chi connectivity index (χ2n) is 6.59. The lowest BCUT2D eigenvalue weighted by atomic mass is 9.84. The zero-order valence-corrected chi connectivity index (χ0v) is 15.8. The highest BCUT2D eigenvalue weighted by Crippen LogP contribution is 2.32. The molecule has 1 fully saturated rings. The third-order valence-electron chi connectivity index (χ3n) is 4.39. The van der Waals surface area contributed by atoms with Crippen molar-refractivity contribution in [3.05, 3.63) is 18.0 Å². The number of alkyl halides is 3. The number of aliphatic imine (C=N–C) groups is 1. The second-order valence-corrected chi connectivity index (χ2v) is 6.59. The van der Waals surface area contributed by atoms with Gasteiger partial charge in [-0.1, -0.05) is 0 Å². The summed E-state index contributed by atoms with van der Waals surface area (Å²) in [6.45, 7) is 5.18. The van der Waals surface area contributed by atoms with Crippen LogP contribution in [0.4, 0.5) is 19.1 Å². The van der Waals surface area contributed by atoms with Crippen LogP contribution in [-0.2, 0) is 10.9 Å². The molecule has 0 spiro atoms. The van der Waals surface area contributed by atoms with E-state index in [1.165, 1.54) is 0 Å². The summed E-state index contributed by atoms with van der Waals surface area (Å²) < 4.78 is 43.5. The molecule has 158 valence electrons. The smallest absolute Gasteiger partial charge is 0.396 e. The van der Waals surface area contributed by atoms with Crippen LogP contribution in [0, 0.1) is 5.41 Å². The molecule has 1 saturated heterocycles. The standard InChI is InChI=1S/C17H27F3N6O2/c1-2-21-14(25-11-16(4-9-27)5-10-28-12-16)23-7-8-24-15-22-6-3-13(26-15)17(18,19)20/h3,6,27H,2,4-5,7-12H2,1H3,(H2,21,23,25)(H,22,24,26). The van der Waals surface area contributed by atoms with Crippen LogP contribution in [0.15, 0.2) is 17.3 Å². The molecule has 1 aliphatic heterocycles. The Hall–Kier alpha value is -2.14. The summed E-state index contributed by atoms with van der Waals surface area (Å²) >= 11 is 0. The van der Waals surface area contributed by atoms with Crippen LogP contribution in [0.3, 0.4) is 0 Å². The van der Waals surface area contributed by atoms with E-state index in [0.717, 1.165) is 18.7 Å². The fourth-order valence-electron chi connectivity index (χ4n) is 2.83. The minimum absolute atomic E-state index is 0.0800. The van der Waals surface area contributed by atoms with Crippen molar-refractivity contribution in [2.75, 3.05) is 51.3 Å². The normalized spacial score (nSPS) is 20.2. The van der Waals surface area contributed by atoms with Crippen LogP contribution < -0.4 is 16.0 Å². The minimum atomic E-state index is -4.50. The van der Waals surface area contributed by atoms with E-state index >= 15 is 0 Å². The van der Waals surface area contributed by atoms with Crippen molar-refractivity contribution < 1.29 is 23.0 Å². The number of aliphatic hydroxyl groups excluding tert-OH is 1. The van der Waals surface area contributed by atoms with Crippen LogP contribution >= 0.6 is 0 Å². The molecule has 1 aliphatic rings. The van der Waals surface area contributed by atoms with E-state index < -0.39 is 11.9 Å². The van der Waals surface area contributed by atoms with Crippen LogP contribution in [-0.4, -0.2) is 67.0 Å². The summed E-state index contributed by atoms with van der Waals surface area (Å²) in [5.74, 6) is 0.516. The van der Waals surface area contributed by atoms with Gasteiger partial charge in [0.1, 0.15) is 5.69 Å². The molecule has 0 saturated carbocycles. The van der Waals surface area contributed by atoms with Crippen LogP contribution in [0.5, 0.6) is 0 Å². The fourth-order valence-corrected chi connectivity index (χ4v) is 2.83. The maximum atomic E-state index is 12.7.